The number of nitrogens with zero attached hydrogens (tertiary/aromatic N) is 7. The first-order valence-corrected chi connectivity index (χ1v) is 10.2. The lowest BCUT2D eigenvalue weighted by molar-refractivity contribution is 0.584. The third-order valence-corrected chi connectivity index (χ3v) is 5.26. The van der Waals surface area contributed by atoms with E-state index in [9.17, 15) is 0 Å². The van der Waals surface area contributed by atoms with Crippen molar-refractivity contribution in [3.63, 3.8) is 0 Å². The van der Waals surface area contributed by atoms with Crippen molar-refractivity contribution < 1.29 is 0 Å². The maximum atomic E-state index is 6.14. The van der Waals surface area contributed by atoms with Crippen LogP contribution in [0.3, 0.4) is 0 Å². The first kappa shape index (κ1) is 19.4. The predicted octanol–water partition coefficient (Wildman–Crippen LogP) is 1.26. The molecule has 3 N–H and O–H groups in total. The topological polar surface area (TPSA) is 100 Å². The van der Waals surface area contributed by atoms with E-state index in [-0.39, 0.29) is 0 Å². The third kappa shape index (κ3) is 3.95. The van der Waals surface area contributed by atoms with Gasteiger partial charge in [-0.3, -0.25) is 0 Å². The summed E-state index contributed by atoms with van der Waals surface area (Å²) in [6, 6.07) is 2.21. The zero-order valence-electron chi connectivity index (χ0n) is 17.4. The van der Waals surface area contributed by atoms with Gasteiger partial charge in [-0.05, 0) is 24.5 Å². The molecule has 154 valence electrons. The molecule has 29 heavy (non-hydrogen) atoms. The summed E-state index contributed by atoms with van der Waals surface area (Å²) in [5.74, 6) is 2.08. The normalized spacial score (nSPS) is 14.5. The molecular weight excluding hydrogens is 366 g/mol. The average Bonchev–Trinajstić information content (AvgIpc) is 3.12. The van der Waals surface area contributed by atoms with Crippen molar-refractivity contribution in [2.75, 3.05) is 55.3 Å². The van der Waals surface area contributed by atoms with Crippen LogP contribution in [0.15, 0.2) is 18.5 Å². The van der Waals surface area contributed by atoms with Gasteiger partial charge in [0.1, 0.15) is 5.82 Å². The molecule has 1 fully saturated rings. The number of anilines is 3. The number of aromatic nitrogens is 5. The van der Waals surface area contributed by atoms with Crippen molar-refractivity contribution in [2.45, 2.75) is 26.7 Å². The number of pyridine rings is 1. The maximum absolute atomic E-state index is 6.14. The van der Waals surface area contributed by atoms with E-state index in [1.54, 1.807) is 0 Å². The van der Waals surface area contributed by atoms with E-state index in [1.165, 1.54) is 5.56 Å². The van der Waals surface area contributed by atoms with Crippen LogP contribution in [0.25, 0.3) is 5.65 Å². The van der Waals surface area contributed by atoms with Gasteiger partial charge in [0.15, 0.2) is 11.5 Å². The summed E-state index contributed by atoms with van der Waals surface area (Å²) in [6.45, 7) is 9.10. The van der Waals surface area contributed by atoms with E-state index in [0.29, 0.717) is 23.8 Å². The van der Waals surface area contributed by atoms with E-state index in [1.807, 2.05) is 28.9 Å². The minimum atomic E-state index is 0.396. The zero-order chi connectivity index (χ0) is 20.4. The first-order chi connectivity index (χ1) is 14.1. The molecule has 0 atom stereocenters. The number of nitrogen functional groups attached to an aromatic ring is 1. The molecule has 4 rings (SSSR count). The summed E-state index contributed by atoms with van der Waals surface area (Å²) in [5, 5.41) is 8.06. The second kappa shape index (κ2) is 8.20. The first-order valence-electron chi connectivity index (χ1n) is 10.2. The van der Waals surface area contributed by atoms with Crippen molar-refractivity contribution in [1.82, 2.24) is 29.9 Å². The van der Waals surface area contributed by atoms with Crippen molar-refractivity contribution in [2.24, 2.45) is 0 Å². The van der Waals surface area contributed by atoms with Crippen LogP contribution in [0.5, 0.6) is 0 Å². The van der Waals surface area contributed by atoms with Crippen LogP contribution >= 0.6 is 0 Å². The number of rotatable bonds is 6. The van der Waals surface area contributed by atoms with Gasteiger partial charge in [0.05, 0.1) is 11.9 Å². The molecule has 0 unspecified atom stereocenters. The molecule has 3 aromatic rings. The van der Waals surface area contributed by atoms with Crippen LogP contribution in [0.2, 0.25) is 0 Å². The minimum absolute atomic E-state index is 0.396. The van der Waals surface area contributed by atoms with Gasteiger partial charge in [0, 0.05) is 52.4 Å². The number of hydrogen-bond donors (Lipinski definition) is 2. The average molecular weight is 396 g/mol. The summed E-state index contributed by atoms with van der Waals surface area (Å²) >= 11 is 0. The Morgan fingerprint density at radius 2 is 2.00 bits per heavy atom. The largest absolute Gasteiger partial charge is 0.380 e. The van der Waals surface area contributed by atoms with E-state index in [2.05, 4.69) is 45.2 Å². The quantitative estimate of drug-likeness (QED) is 0.643. The number of hydrogen-bond acceptors (Lipinski definition) is 8. The van der Waals surface area contributed by atoms with Gasteiger partial charge < -0.3 is 20.9 Å². The van der Waals surface area contributed by atoms with Crippen LogP contribution < -0.4 is 20.9 Å². The fraction of sp³-hybridized carbons (Fsp3) is 0.500. The molecule has 0 radical (unpaired) electrons. The molecular formula is C20H29N9. The predicted molar refractivity (Wildman–Crippen MR) is 116 cm³/mol. The Kier molecular flexibility index (Phi) is 5.48. The van der Waals surface area contributed by atoms with Gasteiger partial charge in [-0.15, -0.1) is 5.10 Å². The number of nitrogens with two attached hydrogens (primary N) is 1. The number of nitrogens with one attached hydrogen (secondary N) is 1. The number of imidazole rings is 1. The summed E-state index contributed by atoms with van der Waals surface area (Å²) in [6.07, 6.45) is 5.48. The highest BCUT2D eigenvalue weighted by molar-refractivity contribution is 5.61. The Balaban J connectivity index is 1.61. The summed E-state index contributed by atoms with van der Waals surface area (Å²) in [4.78, 5) is 17.9. The Bertz CT molecular complexity index is 991. The van der Waals surface area contributed by atoms with Crippen LogP contribution in [0.4, 0.5) is 17.6 Å². The number of aryl methyl sites for hydroxylation is 1. The zero-order valence-corrected chi connectivity index (χ0v) is 17.4. The SMILES string of the molecule is CCCN(C)c1nc(N)c2ncc(Cc3cnc(N4CCNCC4)c(C)c3)n2n1. The monoisotopic (exact) mass is 395 g/mol. The fourth-order valence-electron chi connectivity index (χ4n) is 3.79. The highest BCUT2D eigenvalue weighted by Gasteiger charge is 2.16. The number of fused-ring (bicyclic) bond motifs is 1. The van der Waals surface area contributed by atoms with E-state index in [4.69, 9.17) is 10.7 Å². The molecule has 9 nitrogen and oxygen atoms in total. The van der Waals surface area contributed by atoms with Gasteiger partial charge in [-0.1, -0.05) is 13.0 Å². The van der Waals surface area contributed by atoms with Crippen LogP contribution in [0, 0.1) is 6.92 Å². The highest BCUT2D eigenvalue weighted by atomic mass is 15.4. The molecule has 3 aromatic heterocycles. The summed E-state index contributed by atoms with van der Waals surface area (Å²) in [7, 11) is 1.98. The standard InChI is InChI=1S/C20H29N9/c1-4-7-27(3)20-25-17(21)19-24-13-16(29(19)26-20)11-15-10-14(2)18(23-12-15)28-8-5-22-6-9-28/h10,12-13,22H,4-9,11H2,1-3H3,(H2,21,25,26). The molecule has 1 aliphatic rings. The molecule has 0 spiro atoms. The highest BCUT2D eigenvalue weighted by Crippen LogP contribution is 2.21. The van der Waals surface area contributed by atoms with Gasteiger partial charge in [-0.25, -0.2) is 14.5 Å². The third-order valence-electron chi connectivity index (χ3n) is 5.26. The molecule has 1 aliphatic heterocycles. The van der Waals surface area contributed by atoms with Crippen molar-refractivity contribution >= 4 is 23.2 Å². The number of piperazine rings is 1. The molecule has 0 aromatic carbocycles. The molecule has 9 heteroatoms. The van der Waals surface area contributed by atoms with Gasteiger partial charge >= 0.3 is 0 Å². The maximum Gasteiger partial charge on any atom is 0.245 e. The molecule has 0 aliphatic carbocycles. The van der Waals surface area contributed by atoms with Gasteiger partial charge in [0.25, 0.3) is 0 Å². The van der Waals surface area contributed by atoms with Gasteiger partial charge in [0.2, 0.25) is 5.95 Å². The van der Waals surface area contributed by atoms with E-state index >= 15 is 0 Å². The van der Waals surface area contributed by atoms with Crippen molar-refractivity contribution in [1.29, 1.82) is 0 Å². The Hall–Kier alpha value is -2.94. The van der Waals surface area contributed by atoms with Gasteiger partial charge in [-0.2, -0.15) is 4.98 Å². The molecule has 0 bridgehead atoms. The van der Waals surface area contributed by atoms with Crippen molar-refractivity contribution in [3.05, 3.63) is 35.3 Å². The van der Waals surface area contributed by atoms with Crippen molar-refractivity contribution in [3.8, 4) is 0 Å². The lowest BCUT2D eigenvalue weighted by Crippen LogP contribution is -2.44. The molecule has 4 heterocycles. The second-order valence-electron chi connectivity index (χ2n) is 7.60. The van der Waals surface area contributed by atoms with E-state index in [0.717, 1.165) is 56.2 Å². The van der Waals surface area contributed by atoms with Crippen LogP contribution in [-0.2, 0) is 6.42 Å². The lowest BCUT2D eigenvalue weighted by atomic mass is 10.1. The molecule has 0 saturated carbocycles. The summed E-state index contributed by atoms with van der Waals surface area (Å²) < 4.78 is 1.81. The molecule has 0 amide bonds. The Morgan fingerprint density at radius 3 is 2.72 bits per heavy atom. The minimum Gasteiger partial charge on any atom is -0.380 e. The summed E-state index contributed by atoms with van der Waals surface area (Å²) in [5.41, 5.74) is 10.0. The van der Waals surface area contributed by atoms with Crippen LogP contribution in [-0.4, -0.2) is 64.3 Å². The van der Waals surface area contributed by atoms with Crippen LogP contribution in [0.1, 0.15) is 30.2 Å². The Labute approximate surface area is 171 Å². The molecule has 1 saturated heterocycles. The fourth-order valence-corrected chi connectivity index (χ4v) is 3.79. The Morgan fingerprint density at radius 1 is 1.21 bits per heavy atom. The second-order valence-corrected chi connectivity index (χ2v) is 7.60. The smallest absolute Gasteiger partial charge is 0.245 e. The lowest BCUT2D eigenvalue weighted by Gasteiger charge is -2.29. The van der Waals surface area contributed by atoms with E-state index < -0.39 is 0 Å².